The Hall–Kier alpha value is -0.810. The highest BCUT2D eigenvalue weighted by atomic mass is 35.5. The summed E-state index contributed by atoms with van der Waals surface area (Å²) in [6.07, 6.45) is 1.97. The van der Waals surface area contributed by atoms with Gasteiger partial charge >= 0.3 is 11.9 Å². The summed E-state index contributed by atoms with van der Waals surface area (Å²) in [6, 6.07) is -0.735. The van der Waals surface area contributed by atoms with E-state index >= 15 is 0 Å². The number of carbonyl (C=O) groups excluding carboxylic acids is 2. The maximum Gasteiger partial charge on any atom is 0.322 e. The fourth-order valence-corrected chi connectivity index (χ4v) is 0.989. The van der Waals surface area contributed by atoms with Crippen molar-refractivity contribution >= 4 is 24.3 Å². The predicted molar refractivity (Wildman–Crippen MR) is 67.0 cm³/mol. The monoisotopic (exact) mass is 267 g/mol. The van der Waals surface area contributed by atoms with Gasteiger partial charge in [-0.05, 0) is 19.3 Å². The van der Waals surface area contributed by atoms with Gasteiger partial charge in [-0.25, -0.2) is 0 Å². The van der Waals surface area contributed by atoms with Crippen LogP contribution >= 0.6 is 12.4 Å². The van der Waals surface area contributed by atoms with Crippen LogP contribution in [0.25, 0.3) is 0 Å². The van der Waals surface area contributed by atoms with E-state index in [1.165, 1.54) is 0 Å². The lowest BCUT2D eigenvalue weighted by Crippen LogP contribution is -2.33. The average molecular weight is 268 g/mol. The minimum Gasteiger partial charge on any atom is -0.466 e. The number of esters is 2. The lowest BCUT2D eigenvalue weighted by Gasteiger charge is -2.10. The van der Waals surface area contributed by atoms with Crippen molar-refractivity contribution in [1.82, 2.24) is 0 Å². The molecule has 0 bridgehead atoms. The third kappa shape index (κ3) is 10.1. The first-order chi connectivity index (χ1) is 7.61. The molecule has 1 atom stereocenters. The summed E-state index contributed by atoms with van der Waals surface area (Å²) < 4.78 is 9.71. The van der Waals surface area contributed by atoms with E-state index in [2.05, 4.69) is 0 Å². The topological polar surface area (TPSA) is 78.6 Å². The SMILES string of the molecule is CCCOC(=O)CC[C@H](N)C(=O)OCCC.Cl. The molecule has 102 valence electrons. The largest absolute Gasteiger partial charge is 0.466 e. The van der Waals surface area contributed by atoms with E-state index < -0.39 is 12.0 Å². The summed E-state index contributed by atoms with van der Waals surface area (Å²) >= 11 is 0. The molecule has 6 heteroatoms. The van der Waals surface area contributed by atoms with Gasteiger partial charge in [0, 0.05) is 6.42 Å². The van der Waals surface area contributed by atoms with Crippen LogP contribution in [0.15, 0.2) is 0 Å². The number of nitrogens with two attached hydrogens (primary N) is 1. The van der Waals surface area contributed by atoms with Gasteiger partial charge in [0.05, 0.1) is 13.2 Å². The Labute approximate surface area is 108 Å². The van der Waals surface area contributed by atoms with Crippen LogP contribution in [0.2, 0.25) is 0 Å². The van der Waals surface area contributed by atoms with Gasteiger partial charge < -0.3 is 15.2 Å². The predicted octanol–water partition coefficient (Wildman–Crippen LogP) is 1.42. The quantitative estimate of drug-likeness (QED) is 0.673. The lowest BCUT2D eigenvalue weighted by molar-refractivity contribution is -0.146. The second-order valence-electron chi connectivity index (χ2n) is 3.53. The van der Waals surface area contributed by atoms with E-state index in [1.807, 2.05) is 13.8 Å². The molecule has 0 heterocycles. The van der Waals surface area contributed by atoms with Crippen LogP contribution in [0.3, 0.4) is 0 Å². The molecule has 5 nitrogen and oxygen atoms in total. The summed E-state index contributed by atoms with van der Waals surface area (Å²) in [5.41, 5.74) is 5.55. The number of hydrogen-bond acceptors (Lipinski definition) is 5. The molecule has 17 heavy (non-hydrogen) atoms. The molecule has 0 saturated carbocycles. The van der Waals surface area contributed by atoms with Crippen LogP contribution in [0, 0.1) is 0 Å². The van der Waals surface area contributed by atoms with Crippen molar-refractivity contribution in [2.24, 2.45) is 5.73 Å². The van der Waals surface area contributed by atoms with Crippen LogP contribution in [-0.4, -0.2) is 31.2 Å². The zero-order valence-corrected chi connectivity index (χ0v) is 11.3. The number of ether oxygens (including phenoxy) is 2. The van der Waals surface area contributed by atoms with E-state index in [9.17, 15) is 9.59 Å². The summed E-state index contributed by atoms with van der Waals surface area (Å²) in [5, 5.41) is 0. The molecule has 0 aliphatic rings. The van der Waals surface area contributed by atoms with Gasteiger partial charge in [-0.3, -0.25) is 9.59 Å². The van der Waals surface area contributed by atoms with E-state index in [-0.39, 0.29) is 31.2 Å². The fourth-order valence-electron chi connectivity index (χ4n) is 0.989. The minimum absolute atomic E-state index is 0. The number of carbonyl (C=O) groups is 2. The molecule has 0 aliphatic carbocycles. The highest BCUT2D eigenvalue weighted by molar-refractivity contribution is 5.85. The Morgan fingerprint density at radius 2 is 1.65 bits per heavy atom. The molecule has 0 aromatic heterocycles. The molecule has 0 aromatic carbocycles. The minimum atomic E-state index is -0.735. The molecule has 0 fully saturated rings. The molecular weight excluding hydrogens is 246 g/mol. The van der Waals surface area contributed by atoms with Gasteiger partial charge in [0.25, 0.3) is 0 Å². The van der Waals surface area contributed by atoms with Crippen LogP contribution in [0.5, 0.6) is 0 Å². The zero-order chi connectivity index (χ0) is 12.4. The lowest BCUT2D eigenvalue weighted by atomic mass is 10.2. The van der Waals surface area contributed by atoms with Crippen LogP contribution < -0.4 is 5.73 Å². The molecule has 0 amide bonds. The summed E-state index contributed by atoms with van der Waals surface area (Å²) in [5.74, 6) is -0.772. The molecule has 2 N–H and O–H groups in total. The number of hydrogen-bond donors (Lipinski definition) is 1. The summed E-state index contributed by atoms with van der Waals surface area (Å²) in [7, 11) is 0. The van der Waals surface area contributed by atoms with E-state index in [4.69, 9.17) is 15.2 Å². The van der Waals surface area contributed by atoms with Gasteiger partial charge in [0.1, 0.15) is 6.04 Å². The number of rotatable bonds is 8. The maximum atomic E-state index is 11.2. The van der Waals surface area contributed by atoms with Crippen molar-refractivity contribution in [1.29, 1.82) is 0 Å². The molecule has 0 spiro atoms. The van der Waals surface area contributed by atoms with Crippen molar-refractivity contribution in [2.45, 2.75) is 45.6 Å². The van der Waals surface area contributed by atoms with Gasteiger partial charge in [0.2, 0.25) is 0 Å². The van der Waals surface area contributed by atoms with Gasteiger partial charge in [-0.15, -0.1) is 12.4 Å². The Morgan fingerprint density at radius 3 is 2.18 bits per heavy atom. The van der Waals surface area contributed by atoms with E-state index in [0.717, 1.165) is 12.8 Å². The highest BCUT2D eigenvalue weighted by Crippen LogP contribution is 2.00. The van der Waals surface area contributed by atoms with Gasteiger partial charge in [-0.2, -0.15) is 0 Å². The fraction of sp³-hybridized carbons (Fsp3) is 0.818. The van der Waals surface area contributed by atoms with Crippen LogP contribution in [0.1, 0.15) is 39.5 Å². The van der Waals surface area contributed by atoms with Crippen molar-refractivity contribution in [2.75, 3.05) is 13.2 Å². The highest BCUT2D eigenvalue weighted by Gasteiger charge is 2.16. The third-order valence-corrected chi connectivity index (χ3v) is 1.88. The van der Waals surface area contributed by atoms with Crippen molar-refractivity contribution in [3.63, 3.8) is 0 Å². The first-order valence-corrected chi connectivity index (χ1v) is 5.69. The second kappa shape index (κ2) is 11.7. The molecule has 0 aliphatic heterocycles. The molecule has 0 saturated heterocycles. The normalized spacial score (nSPS) is 11.2. The molecule has 0 rings (SSSR count). The first kappa shape index (κ1) is 18.6. The smallest absolute Gasteiger partial charge is 0.322 e. The molecular formula is C11H22ClNO4. The Bertz CT molecular complexity index is 224. The van der Waals surface area contributed by atoms with Gasteiger partial charge in [-0.1, -0.05) is 13.8 Å². The van der Waals surface area contributed by atoms with Crippen molar-refractivity contribution < 1.29 is 19.1 Å². The number of halogens is 1. The van der Waals surface area contributed by atoms with E-state index in [1.54, 1.807) is 0 Å². The van der Waals surface area contributed by atoms with Crippen LogP contribution in [-0.2, 0) is 19.1 Å². The van der Waals surface area contributed by atoms with Crippen molar-refractivity contribution in [3.8, 4) is 0 Å². The van der Waals surface area contributed by atoms with Crippen molar-refractivity contribution in [3.05, 3.63) is 0 Å². The molecule has 0 radical (unpaired) electrons. The Balaban J connectivity index is 0. The summed E-state index contributed by atoms with van der Waals surface area (Å²) in [4.78, 5) is 22.3. The molecule has 0 aromatic rings. The second-order valence-corrected chi connectivity index (χ2v) is 3.53. The average Bonchev–Trinajstić information content (AvgIpc) is 2.30. The Morgan fingerprint density at radius 1 is 1.12 bits per heavy atom. The molecule has 0 unspecified atom stereocenters. The summed E-state index contributed by atoms with van der Waals surface area (Å²) in [6.45, 7) is 4.60. The van der Waals surface area contributed by atoms with Gasteiger partial charge in [0.15, 0.2) is 0 Å². The maximum absolute atomic E-state index is 11.2. The Kier molecular flexibility index (Phi) is 12.7. The van der Waals surface area contributed by atoms with Crippen LogP contribution in [0.4, 0.5) is 0 Å². The standard InChI is InChI=1S/C11H21NO4.ClH/c1-3-7-15-10(13)6-5-9(12)11(14)16-8-4-2;/h9H,3-8,12H2,1-2H3;1H/t9-;/m0./s1. The zero-order valence-electron chi connectivity index (χ0n) is 10.4. The van der Waals surface area contributed by atoms with E-state index in [0.29, 0.717) is 13.2 Å². The first-order valence-electron chi connectivity index (χ1n) is 5.69. The third-order valence-electron chi connectivity index (χ3n) is 1.88.